The van der Waals surface area contributed by atoms with Crippen molar-refractivity contribution in [3.63, 3.8) is 0 Å². The summed E-state index contributed by atoms with van der Waals surface area (Å²) in [5.74, 6) is 0.145. The summed E-state index contributed by atoms with van der Waals surface area (Å²) in [5.41, 5.74) is 0.905. The molecule has 0 radical (unpaired) electrons. The molecular formula is C20H19N3O6S. The van der Waals surface area contributed by atoms with E-state index in [1.807, 2.05) is 17.5 Å². The number of imide groups is 1. The number of rotatable bonds is 7. The highest BCUT2D eigenvalue weighted by molar-refractivity contribution is 7.13. The first-order chi connectivity index (χ1) is 14.4. The van der Waals surface area contributed by atoms with Crippen LogP contribution in [0.2, 0.25) is 0 Å². The lowest BCUT2D eigenvalue weighted by atomic mass is 10.3. The normalized spacial score (nSPS) is 10.3. The van der Waals surface area contributed by atoms with E-state index in [-0.39, 0.29) is 6.42 Å². The number of carbonyl (C=O) groups is 3. The predicted octanol–water partition coefficient (Wildman–Crippen LogP) is 3.15. The number of oxazole rings is 1. The van der Waals surface area contributed by atoms with Gasteiger partial charge in [0.05, 0.1) is 24.1 Å². The molecule has 10 heteroatoms. The van der Waals surface area contributed by atoms with Crippen LogP contribution in [-0.4, -0.2) is 36.6 Å². The third-order valence-electron chi connectivity index (χ3n) is 3.90. The molecule has 0 spiro atoms. The lowest BCUT2D eigenvalue weighted by Crippen LogP contribution is -2.37. The number of aromatic nitrogens is 1. The number of urea groups is 1. The highest BCUT2D eigenvalue weighted by Crippen LogP contribution is 2.26. The molecule has 0 saturated heterocycles. The van der Waals surface area contributed by atoms with Gasteiger partial charge in [-0.15, -0.1) is 11.3 Å². The zero-order valence-corrected chi connectivity index (χ0v) is 17.1. The fourth-order valence-corrected chi connectivity index (χ4v) is 3.08. The van der Waals surface area contributed by atoms with Gasteiger partial charge >= 0.3 is 12.0 Å². The van der Waals surface area contributed by atoms with Gasteiger partial charge < -0.3 is 19.2 Å². The van der Waals surface area contributed by atoms with E-state index >= 15 is 0 Å². The second-order valence-corrected chi connectivity index (χ2v) is 7.02. The number of hydrogen-bond donors (Lipinski definition) is 2. The van der Waals surface area contributed by atoms with Gasteiger partial charge in [0.1, 0.15) is 11.5 Å². The first-order valence-electron chi connectivity index (χ1n) is 8.85. The molecule has 9 nitrogen and oxygen atoms in total. The summed E-state index contributed by atoms with van der Waals surface area (Å²) in [5, 5.41) is 6.46. The summed E-state index contributed by atoms with van der Waals surface area (Å²) >= 11 is 1.47. The maximum Gasteiger partial charge on any atom is 0.325 e. The first-order valence-corrected chi connectivity index (χ1v) is 9.73. The number of nitrogens with zero attached hydrogens (tertiary/aromatic N) is 1. The van der Waals surface area contributed by atoms with Crippen molar-refractivity contribution >= 4 is 34.9 Å². The minimum atomic E-state index is -0.759. The van der Waals surface area contributed by atoms with Crippen molar-refractivity contribution in [2.75, 3.05) is 19.0 Å². The Kier molecular flexibility index (Phi) is 6.81. The van der Waals surface area contributed by atoms with Crippen molar-refractivity contribution in [2.24, 2.45) is 0 Å². The van der Waals surface area contributed by atoms with Crippen molar-refractivity contribution < 1.29 is 28.3 Å². The molecule has 0 atom stereocenters. The van der Waals surface area contributed by atoms with Gasteiger partial charge in [-0.1, -0.05) is 6.07 Å². The maximum atomic E-state index is 12.0. The zero-order chi connectivity index (χ0) is 21.5. The average molecular weight is 429 g/mol. The number of anilines is 1. The Bertz CT molecular complexity index is 1030. The molecule has 2 aromatic heterocycles. The molecular weight excluding hydrogens is 410 g/mol. The van der Waals surface area contributed by atoms with Crippen molar-refractivity contribution in [1.29, 1.82) is 0 Å². The van der Waals surface area contributed by atoms with Gasteiger partial charge in [-0.3, -0.25) is 14.9 Å². The third-order valence-corrected chi connectivity index (χ3v) is 4.76. The predicted molar refractivity (Wildman–Crippen MR) is 109 cm³/mol. The molecule has 0 fully saturated rings. The number of esters is 1. The molecule has 2 N–H and O–H groups in total. The molecule has 30 heavy (non-hydrogen) atoms. The second-order valence-electron chi connectivity index (χ2n) is 6.07. The van der Waals surface area contributed by atoms with Gasteiger partial charge in [-0.05, 0) is 42.6 Å². The van der Waals surface area contributed by atoms with Crippen LogP contribution in [0.1, 0.15) is 11.5 Å². The van der Waals surface area contributed by atoms with Crippen molar-refractivity contribution in [1.82, 2.24) is 10.3 Å². The number of carbonyl (C=O) groups excluding carboxylic acids is 3. The fraction of sp³-hybridized carbons (Fsp3) is 0.200. The lowest BCUT2D eigenvalue weighted by molar-refractivity contribution is -0.147. The van der Waals surface area contributed by atoms with E-state index in [1.54, 1.807) is 31.2 Å². The Morgan fingerprint density at radius 1 is 1.17 bits per heavy atom. The molecule has 0 aliphatic heterocycles. The summed E-state index contributed by atoms with van der Waals surface area (Å²) in [6.07, 6.45) is -0.147. The van der Waals surface area contributed by atoms with Crippen LogP contribution >= 0.6 is 11.3 Å². The van der Waals surface area contributed by atoms with E-state index < -0.39 is 24.5 Å². The van der Waals surface area contributed by atoms with E-state index in [9.17, 15) is 14.4 Å². The summed E-state index contributed by atoms with van der Waals surface area (Å²) in [4.78, 5) is 40.8. The number of ether oxygens (including phenoxy) is 2. The van der Waals surface area contributed by atoms with Gasteiger partial charge in [0.25, 0.3) is 5.91 Å². The van der Waals surface area contributed by atoms with Gasteiger partial charge in [0, 0.05) is 5.69 Å². The van der Waals surface area contributed by atoms with Crippen LogP contribution in [-0.2, 0) is 20.7 Å². The molecule has 0 aliphatic carbocycles. The molecule has 0 bridgehead atoms. The fourth-order valence-electron chi connectivity index (χ4n) is 2.43. The largest absolute Gasteiger partial charge is 0.497 e. The van der Waals surface area contributed by atoms with Gasteiger partial charge in [-0.2, -0.15) is 0 Å². The number of thiophene rings is 1. The van der Waals surface area contributed by atoms with Crippen LogP contribution in [0.5, 0.6) is 5.75 Å². The molecule has 0 saturated carbocycles. The second kappa shape index (κ2) is 9.70. The van der Waals surface area contributed by atoms with Crippen LogP contribution in [0, 0.1) is 6.92 Å². The molecule has 3 aromatic rings. The van der Waals surface area contributed by atoms with Crippen molar-refractivity contribution in [3.8, 4) is 16.5 Å². The smallest absolute Gasteiger partial charge is 0.325 e. The van der Waals surface area contributed by atoms with Gasteiger partial charge in [-0.25, -0.2) is 9.78 Å². The third kappa shape index (κ3) is 5.67. The Labute approximate surface area is 176 Å². The van der Waals surface area contributed by atoms with E-state index in [0.717, 1.165) is 4.88 Å². The van der Waals surface area contributed by atoms with Crippen LogP contribution in [0.15, 0.2) is 46.2 Å². The Balaban J connectivity index is 1.44. The standard InChI is InChI=1S/C20H19N3O6S/c1-12-15(22-19(29-12)16-4-3-9-30-16)10-18(25)28-11-17(24)23-20(26)21-13-5-7-14(27-2)8-6-13/h3-9H,10-11H2,1-2H3,(H2,21,23,24,26). The summed E-state index contributed by atoms with van der Waals surface area (Å²) in [7, 11) is 1.53. The Morgan fingerprint density at radius 2 is 1.93 bits per heavy atom. The highest BCUT2D eigenvalue weighted by Gasteiger charge is 2.17. The van der Waals surface area contributed by atoms with E-state index in [1.165, 1.54) is 18.4 Å². The molecule has 1 aromatic carbocycles. The monoisotopic (exact) mass is 429 g/mol. The number of benzene rings is 1. The van der Waals surface area contributed by atoms with Gasteiger partial charge in [0.15, 0.2) is 6.61 Å². The zero-order valence-electron chi connectivity index (χ0n) is 16.3. The molecule has 156 valence electrons. The van der Waals surface area contributed by atoms with Crippen molar-refractivity contribution in [2.45, 2.75) is 13.3 Å². The number of aryl methyl sites for hydroxylation is 1. The number of hydrogen-bond acceptors (Lipinski definition) is 8. The highest BCUT2D eigenvalue weighted by atomic mass is 32.1. The van der Waals surface area contributed by atoms with E-state index in [4.69, 9.17) is 13.9 Å². The number of amides is 3. The van der Waals surface area contributed by atoms with Crippen LogP contribution in [0.3, 0.4) is 0 Å². The number of methoxy groups -OCH3 is 1. The topological polar surface area (TPSA) is 120 Å². The van der Waals surface area contributed by atoms with Crippen LogP contribution in [0.25, 0.3) is 10.8 Å². The Morgan fingerprint density at radius 3 is 2.60 bits per heavy atom. The van der Waals surface area contributed by atoms with E-state index in [2.05, 4.69) is 15.6 Å². The lowest BCUT2D eigenvalue weighted by Gasteiger charge is -2.08. The molecule has 0 aliphatic rings. The number of nitrogens with one attached hydrogen (secondary N) is 2. The minimum Gasteiger partial charge on any atom is -0.497 e. The van der Waals surface area contributed by atoms with Crippen LogP contribution in [0.4, 0.5) is 10.5 Å². The maximum absolute atomic E-state index is 12.0. The molecule has 3 rings (SSSR count). The summed E-state index contributed by atoms with van der Waals surface area (Å²) in [6.45, 7) is 1.10. The van der Waals surface area contributed by atoms with Crippen LogP contribution < -0.4 is 15.4 Å². The molecule has 3 amide bonds. The van der Waals surface area contributed by atoms with E-state index in [0.29, 0.717) is 28.8 Å². The summed E-state index contributed by atoms with van der Waals surface area (Å²) < 4.78 is 15.5. The Hall–Kier alpha value is -3.66. The van der Waals surface area contributed by atoms with Gasteiger partial charge in [0.2, 0.25) is 5.89 Å². The quantitative estimate of drug-likeness (QED) is 0.554. The summed E-state index contributed by atoms with van der Waals surface area (Å²) in [6, 6.07) is 9.55. The average Bonchev–Trinajstić information content (AvgIpc) is 3.37. The van der Waals surface area contributed by atoms with Crippen molar-refractivity contribution in [3.05, 3.63) is 53.2 Å². The molecule has 0 unspecified atom stereocenters. The first kappa shape index (κ1) is 21.1. The minimum absolute atomic E-state index is 0.147. The SMILES string of the molecule is COc1ccc(NC(=O)NC(=O)COC(=O)Cc2nc(-c3cccs3)oc2C)cc1. The molecule has 2 heterocycles.